The van der Waals surface area contributed by atoms with Crippen molar-refractivity contribution in [3.05, 3.63) is 0 Å². The van der Waals surface area contributed by atoms with Crippen molar-refractivity contribution in [3.63, 3.8) is 0 Å². The molecular weight excluding hydrogens is 255 g/mol. The standard InChI is InChI=1S/C11H22BBrO2/c1-6-7-8-9(13)12-14-10(2,3)11(4,5)15-12/h9H,6-8H2,1-5H3/t9-/m0/s1. The van der Waals surface area contributed by atoms with Crippen molar-refractivity contribution in [2.75, 3.05) is 0 Å². The Kier molecular flexibility index (Phi) is 4.30. The zero-order valence-corrected chi connectivity index (χ0v) is 12.1. The van der Waals surface area contributed by atoms with E-state index in [9.17, 15) is 0 Å². The summed E-state index contributed by atoms with van der Waals surface area (Å²) in [5.74, 6) is 0. The van der Waals surface area contributed by atoms with Crippen LogP contribution in [0.3, 0.4) is 0 Å². The van der Waals surface area contributed by atoms with Crippen molar-refractivity contribution in [1.29, 1.82) is 0 Å². The molecule has 1 aliphatic heterocycles. The van der Waals surface area contributed by atoms with Gasteiger partial charge < -0.3 is 9.31 Å². The van der Waals surface area contributed by atoms with Crippen LogP contribution in [0.4, 0.5) is 0 Å². The molecule has 0 saturated carbocycles. The van der Waals surface area contributed by atoms with Crippen molar-refractivity contribution in [1.82, 2.24) is 0 Å². The first-order valence-corrected chi connectivity index (χ1v) is 6.71. The largest absolute Gasteiger partial charge is 0.472 e. The molecule has 4 heteroatoms. The highest BCUT2D eigenvalue weighted by Gasteiger charge is 2.53. The fourth-order valence-electron chi connectivity index (χ4n) is 1.57. The predicted molar refractivity (Wildman–Crippen MR) is 68.3 cm³/mol. The Morgan fingerprint density at radius 1 is 1.13 bits per heavy atom. The first-order valence-electron chi connectivity index (χ1n) is 5.80. The van der Waals surface area contributed by atoms with Crippen LogP contribution in [0.5, 0.6) is 0 Å². The lowest BCUT2D eigenvalue weighted by molar-refractivity contribution is 0.00578. The highest BCUT2D eigenvalue weighted by molar-refractivity contribution is 9.10. The molecule has 0 N–H and O–H groups in total. The van der Waals surface area contributed by atoms with Gasteiger partial charge in [-0.05, 0) is 34.1 Å². The maximum Gasteiger partial charge on any atom is 0.472 e. The summed E-state index contributed by atoms with van der Waals surface area (Å²) in [7, 11) is -0.110. The molecule has 0 radical (unpaired) electrons. The van der Waals surface area contributed by atoms with Crippen LogP contribution in [0, 0.1) is 0 Å². The van der Waals surface area contributed by atoms with Gasteiger partial charge in [-0.2, -0.15) is 0 Å². The third-order valence-electron chi connectivity index (χ3n) is 3.40. The molecule has 1 saturated heterocycles. The van der Waals surface area contributed by atoms with Gasteiger partial charge in [0.25, 0.3) is 0 Å². The summed E-state index contributed by atoms with van der Waals surface area (Å²) < 4.78 is 12.2. The Bertz CT molecular complexity index is 203. The Balaban J connectivity index is 2.54. The van der Waals surface area contributed by atoms with Crippen LogP contribution in [0.25, 0.3) is 0 Å². The third kappa shape index (κ3) is 2.98. The lowest BCUT2D eigenvalue weighted by Gasteiger charge is -2.32. The van der Waals surface area contributed by atoms with Crippen LogP contribution in [-0.4, -0.2) is 23.0 Å². The highest BCUT2D eigenvalue weighted by atomic mass is 79.9. The summed E-state index contributed by atoms with van der Waals surface area (Å²) in [5, 5.41) is 0. The second-order valence-corrected chi connectivity index (χ2v) is 6.46. The molecule has 0 aromatic rings. The summed E-state index contributed by atoms with van der Waals surface area (Å²) in [6.45, 7) is 10.6. The number of hydrogen-bond donors (Lipinski definition) is 0. The number of hydrogen-bond acceptors (Lipinski definition) is 2. The monoisotopic (exact) mass is 276 g/mol. The average Bonchev–Trinajstić information content (AvgIpc) is 2.32. The van der Waals surface area contributed by atoms with Gasteiger partial charge in [0.2, 0.25) is 0 Å². The fraction of sp³-hybridized carbons (Fsp3) is 1.00. The molecule has 1 atom stereocenters. The Morgan fingerprint density at radius 3 is 2.00 bits per heavy atom. The molecule has 0 unspecified atom stereocenters. The Hall–Kier alpha value is 0.465. The van der Waals surface area contributed by atoms with E-state index in [1.54, 1.807) is 0 Å². The van der Waals surface area contributed by atoms with Gasteiger partial charge in [0.1, 0.15) is 0 Å². The van der Waals surface area contributed by atoms with Crippen molar-refractivity contribution in [2.45, 2.75) is 69.8 Å². The van der Waals surface area contributed by atoms with Crippen molar-refractivity contribution < 1.29 is 9.31 Å². The number of alkyl halides is 1. The van der Waals surface area contributed by atoms with Crippen LogP contribution in [0.1, 0.15) is 53.9 Å². The van der Waals surface area contributed by atoms with E-state index in [1.165, 1.54) is 12.8 Å². The van der Waals surface area contributed by atoms with Gasteiger partial charge in [0.15, 0.2) is 0 Å². The Labute approximate surface area is 102 Å². The van der Waals surface area contributed by atoms with E-state index in [1.807, 2.05) is 0 Å². The summed E-state index contributed by atoms with van der Waals surface area (Å²) in [4.78, 5) is 0. The lowest BCUT2D eigenvalue weighted by Crippen LogP contribution is -2.41. The molecule has 0 aromatic heterocycles. The third-order valence-corrected chi connectivity index (χ3v) is 4.29. The van der Waals surface area contributed by atoms with E-state index >= 15 is 0 Å². The Morgan fingerprint density at radius 2 is 1.60 bits per heavy atom. The topological polar surface area (TPSA) is 18.5 Å². The van der Waals surface area contributed by atoms with Crippen LogP contribution < -0.4 is 0 Å². The predicted octanol–water partition coefficient (Wildman–Crippen LogP) is 3.57. The zero-order chi connectivity index (χ0) is 11.7. The van der Waals surface area contributed by atoms with E-state index in [2.05, 4.69) is 50.5 Å². The normalized spacial score (nSPS) is 25.6. The van der Waals surface area contributed by atoms with Gasteiger partial charge in [0.05, 0.1) is 11.2 Å². The maximum atomic E-state index is 5.95. The molecular formula is C11H22BBrO2. The number of unbranched alkanes of at least 4 members (excludes halogenated alkanes) is 1. The summed E-state index contributed by atoms with van der Waals surface area (Å²) in [6.07, 6.45) is 3.52. The first-order chi connectivity index (χ1) is 6.80. The second kappa shape index (κ2) is 4.76. The SMILES string of the molecule is CCCC[C@H](Br)B1OC(C)(C)C(C)(C)O1. The van der Waals surface area contributed by atoms with Gasteiger partial charge in [-0.25, -0.2) is 0 Å². The molecule has 88 valence electrons. The first kappa shape index (κ1) is 13.5. The quantitative estimate of drug-likeness (QED) is 0.577. The smallest absolute Gasteiger partial charge is 0.403 e. The van der Waals surface area contributed by atoms with E-state index < -0.39 is 0 Å². The molecule has 1 fully saturated rings. The van der Waals surface area contributed by atoms with Gasteiger partial charge in [-0.3, -0.25) is 0 Å². The minimum absolute atomic E-state index is 0.110. The van der Waals surface area contributed by atoms with Gasteiger partial charge >= 0.3 is 7.12 Å². The van der Waals surface area contributed by atoms with E-state index in [4.69, 9.17) is 9.31 Å². The lowest BCUT2D eigenvalue weighted by atomic mass is 9.82. The molecule has 1 aliphatic rings. The highest BCUT2D eigenvalue weighted by Crippen LogP contribution is 2.39. The minimum atomic E-state index is -0.212. The summed E-state index contributed by atoms with van der Waals surface area (Å²) in [5.41, 5.74) is -0.425. The fourth-order valence-corrected chi connectivity index (χ4v) is 2.11. The van der Waals surface area contributed by atoms with Crippen LogP contribution >= 0.6 is 15.9 Å². The average molecular weight is 277 g/mol. The van der Waals surface area contributed by atoms with E-state index in [0.29, 0.717) is 4.73 Å². The van der Waals surface area contributed by atoms with E-state index in [0.717, 1.165) is 6.42 Å². The van der Waals surface area contributed by atoms with Gasteiger partial charge in [-0.1, -0.05) is 35.7 Å². The molecule has 0 aromatic carbocycles. The van der Waals surface area contributed by atoms with Crippen LogP contribution in [0.2, 0.25) is 0 Å². The minimum Gasteiger partial charge on any atom is -0.403 e. The number of halogens is 1. The molecule has 0 bridgehead atoms. The van der Waals surface area contributed by atoms with Gasteiger partial charge in [0, 0.05) is 4.73 Å². The molecule has 1 rings (SSSR count). The molecule has 0 spiro atoms. The zero-order valence-electron chi connectivity index (χ0n) is 10.5. The molecule has 1 heterocycles. The van der Waals surface area contributed by atoms with Crippen LogP contribution in [0.15, 0.2) is 0 Å². The summed E-state index contributed by atoms with van der Waals surface area (Å²) in [6, 6.07) is 0. The maximum absolute atomic E-state index is 5.95. The van der Waals surface area contributed by atoms with Crippen molar-refractivity contribution in [3.8, 4) is 0 Å². The van der Waals surface area contributed by atoms with Crippen molar-refractivity contribution >= 4 is 23.0 Å². The van der Waals surface area contributed by atoms with E-state index in [-0.39, 0.29) is 18.3 Å². The molecule has 0 aliphatic carbocycles. The van der Waals surface area contributed by atoms with Gasteiger partial charge in [-0.15, -0.1) is 0 Å². The van der Waals surface area contributed by atoms with Crippen molar-refractivity contribution in [2.24, 2.45) is 0 Å². The summed E-state index contributed by atoms with van der Waals surface area (Å²) >= 11 is 3.66. The molecule has 2 nitrogen and oxygen atoms in total. The second-order valence-electron chi connectivity index (χ2n) is 5.28. The van der Waals surface area contributed by atoms with Crippen LogP contribution in [-0.2, 0) is 9.31 Å². The number of rotatable bonds is 4. The molecule has 15 heavy (non-hydrogen) atoms. The molecule has 0 amide bonds.